The molecule has 1 aromatic heterocycles. The highest BCUT2D eigenvalue weighted by molar-refractivity contribution is 8.18. The number of benzene rings is 4. The lowest BCUT2D eigenvalue weighted by Crippen LogP contribution is -2.19. The van der Waals surface area contributed by atoms with Gasteiger partial charge in [-0.3, -0.25) is 19.7 Å². The number of nitro benzene ring substituents is 1. The minimum atomic E-state index is -1.05. The molecule has 5 aromatic rings. The van der Waals surface area contributed by atoms with Gasteiger partial charge in [0.25, 0.3) is 17.5 Å². The highest BCUT2D eigenvalue weighted by Gasteiger charge is 2.25. The lowest BCUT2D eigenvalue weighted by Gasteiger charge is -2.05. The van der Waals surface area contributed by atoms with Crippen LogP contribution in [0.5, 0.6) is 0 Å². The zero-order valence-corrected chi connectivity index (χ0v) is 26.2. The number of aliphatic imine (C=N–C) groups is 1. The van der Waals surface area contributed by atoms with Crippen LogP contribution in [0.4, 0.5) is 17.1 Å². The maximum atomic E-state index is 12.6. The first-order valence-electron chi connectivity index (χ1n) is 13.5. The van der Waals surface area contributed by atoms with Crippen molar-refractivity contribution in [2.75, 3.05) is 5.32 Å². The van der Waals surface area contributed by atoms with Gasteiger partial charge in [0, 0.05) is 17.3 Å². The largest absolute Gasteiger partial charge is 0.478 e. The number of aromatic carboxylic acids is 1. The normalized spacial score (nSPS) is 14.5. The molecule has 6 rings (SSSR count). The number of aromatic nitrogens is 1. The summed E-state index contributed by atoms with van der Waals surface area (Å²) < 4.78 is 1.40. The molecular weight excluding hydrogens is 647 g/mol. The first-order valence-corrected chi connectivity index (χ1v) is 15.9. The standard InChI is InChI=1S/C32H21N5O6S3/c1-17-2-5-19(6-3-17)28(38)33-22-11-12-23-26(16-22)46-32(35-23)45-25-13-4-18(14-24(25)37(42)43)15-27-29(39)36-31(44-27)34-21-9-7-20(8-10-21)30(40)41/h2-16H,1H3,(H,33,38)(H,40,41)(H,34,36,39)/b27-15-. The fourth-order valence-electron chi connectivity index (χ4n) is 4.31. The van der Waals surface area contributed by atoms with Gasteiger partial charge in [0.15, 0.2) is 9.51 Å². The lowest BCUT2D eigenvalue weighted by atomic mass is 10.1. The summed E-state index contributed by atoms with van der Waals surface area (Å²) in [6, 6.07) is 23.2. The Bertz CT molecular complexity index is 2110. The van der Waals surface area contributed by atoms with E-state index < -0.39 is 16.8 Å². The first kappa shape index (κ1) is 30.7. The van der Waals surface area contributed by atoms with E-state index in [0.29, 0.717) is 47.3 Å². The van der Waals surface area contributed by atoms with Gasteiger partial charge < -0.3 is 15.7 Å². The predicted octanol–water partition coefficient (Wildman–Crippen LogP) is 7.51. The predicted molar refractivity (Wildman–Crippen MR) is 180 cm³/mol. The van der Waals surface area contributed by atoms with Crippen LogP contribution in [0.15, 0.2) is 104 Å². The monoisotopic (exact) mass is 667 g/mol. The summed E-state index contributed by atoms with van der Waals surface area (Å²) in [6.07, 6.45) is 1.54. The molecule has 228 valence electrons. The number of aryl methyl sites for hydroxylation is 1. The van der Waals surface area contributed by atoms with E-state index >= 15 is 0 Å². The van der Waals surface area contributed by atoms with E-state index in [9.17, 15) is 24.5 Å². The number of rotatable bonds is 8. The summed E-state index contributed by atoms with van der Waals surface area (Å²) in [6.45, 7) is 1.95. The van der Waals surface area contributed by atoms with Crippen molar-refractivity contribution in [1.29, 1.82) is 0 Å². The Morgan fingerprint density at radius 1 is 1.02 bits per heavy atom. The number of carboxylic acid groups (broad SMARTS) is 1. The van der Waals surface area contributed by atoms with Crippen molar-refractivity contribution in [3.8, 4) is 0 Å². The van der Waals surface area contributed by atoms with Crippen molar-refractivity contribution in [2.24, 2.45) is 4.99 Å². The summed E-state index contributed by atoms with van der Waals surface area (Å²) >= 11 is 3.58. The molecule has 0 spiro atoms. The average Bonchev–Trinajstić information content (AvgIpc) is 3.59. The number of fused-ring (bicyclic) bond motifs is 1. The average molecular weight is 668 g/mol. The molecule has 4 aromatic carbocycles. The molecule has 1 saturated heterocycles. The number of carbonyl (C=O) groups excluding carboxylic acids is 2. The number of nitrogens with one attached hydrogen (secondary N) is 2. The van der Waals surface area contributed by atoms with Gasteiger partial charge in [0.05, 0.1) is 36.2 Å². The van der Waals surface area contributed by atoms with Crippen molar-refractivity contribution < 1.29 is 24.4 Å². The quantitative estimate of drug-likeness (QED) is 0.0863. The minimum Gasteiger partial charge on any atom is -0.478 e. The number of nitrogens with zero attached hydrogens (tertiary/aromatic N) is 3. The summed E-state index contributed by atoms with van der Waals surface area (Å²) in [4.78, 5) is 57.4. The second-order valence-electron chi connectivity index (χ2n) is 9.90. The van der Waals surface area contributed by atoms with E-state index in [4.69, 9.17) is 5.11 Å². The van der Waals surface area contributed by atoms with E-state index in [1.807, 2.05) is 25.1 Å². The third kappa shape index (κ3) is 6.99. The smallest absolute Gasteiger partial charge is 0.335 e. The lowest BCUT2D eigenvalue weighted by molar-refractivity contribution is -0.387. The van der Waals surface area contributed by atoms with Crippen molar-refractivity contribution in [3.05, 3.63) is 122 Å². The van der Waals surface area contributed by atoms with Crippen molar-refractivity contribution in [2.45, 2.75) is 16.2 Å². The Hall–Kier alpha value is -5.31. The van der Waals surface area contributed by atoms with Crippen LogP contribution in [0.25, 0.3) is 16.3 Å². The number of anilines is 1. The number of thioether (sulfide) groups is 1. The Morgan fingerprint density at radius 3 is 2.48 bits per heavy atom. The van der Waals surface area contributed by atoms with Crippen LogP contribution in [0.3, 0.4) is 0 Å². The number of nitro groups is 1. The maximum absolute atomic E-state index is 12.6. The first-order chi connectivity index (χ1) is 22.1. The van der Waals surface area contributed by atoms with Gasteiger partial charge in [-0.2, -0.15) is 0 Å². The zero-order chi connectivity index (χ0) is 32.4. The van der Waals surface area contributed by atoms with Crippen molar-refractivity contribution in [3.63, 3.8) is 0 Å². The fourth-order valence-corrected chi connectivity index (χ4v) is 7.30. The summed E-state index contributed by atoms with van der Waals surface area (Å²) in [7, 11) is 0. The topological polar surface area (TPSA) is 164 Å². The van der Waals surface area contributed by atoms with E-state index in [1.165, 1.54) is 41.7 Å². The fraction of sp³-hybridized carbons (Fsp3) is 0.0312. The number of carbonyl (C=O) groups is 3. The zero-order valence-electron chi connectivity index (χ0n) is 23.7. The molecule has 1 aliphatic rings. The van der Waals surface area contributed by atoms with Crippen LogP contribution in [-0.2, 0) is 4.79 Å². The molecule has 11 nitrogen and oxygen atoms in total. The number of hydrogen-bond donors (Lipinski definition) is 3. The third-order valence-electron chi connectivity index (χ3n) is 6.61. The molecule has 0 unspecified atom stereocenters. The molecule has 2 heterocycles. The SMILES string of the molecule is Cc1ccc(C(=O)Nc2ccc3nc(Sc4ccc(/C=C5\SC(=Nc6ccc(C(=O)O)cc6)NC5=O)cc4[N+](=O)[O-])sc3c2)cc1. The van der Waals surface area contributed by atoms with Crippen molar-refractivity contribution >= 4 is 91.2 Å². The molecule has 0 atom stereocenters. The van der Waals surface area contributed by atoms with Gasteiger partial charge in [-0.25, -0.2) is 14.8 Å². The molecular formula is C32H21N5O6S3. The van der Waals surface area contributed by atoms with Gasteiger partial charge in [0.1, 0.15) is 0 Å². The molecule has 14 heteroatoms. The molecule has 2 amide bonds. The second kappa shape index (κ2) is 13.0. The van der Waals surface area contributed by atoms with Crippen LogP contribution < -0.4 is 10.6 Å². The Labute approximate surface area is 273 Å². The molecule has 3 N–H and O–H groups in total. The maximum Gasteiger partial charge on any atom is 0.335 e. The van der Waals surface area contributed by atoms with Gasteiger partial charge in [0.2, 0.25) is 0 Å². The van der Waals surface area contributed by atoms with Crippen LogP contribution >= 0.6 is 34.9 Å². The van der Waals surface area contributed by atoms with Crippen LogP contribution in [0.1, 0.15) is 31.8 Å². The van der Waals surface area contributed by atoms with Crippen LogP contribution in [-0.4, -0.2) is 38.0 Å². The molecule has 0 radical (unpaired) electrons. The highest BCUT2D eigenvalue weighted by Crippen LogP contribution is 2.40. The number of hydrogen-bond acceptors (Lipinski definition) is 10. The molecule has 1 aliphatic heterocycles. The highest BCUT2D eigenvalue weighted by atomic mass is 32.2. The molecule has 0 aliphatic carbocycles. The summed E-state index contributed by atoms with van der Waals surface area (Å²) in [5.74, 6) is -1.69. The van der Waals surface area contributed by atoms with Crippen LogP contribution in [0, 0.1) is 17.0 Å². The number of thiazole rings is 1. The number of carboxylic acids is 1. The van der Waals surface area contributed by atoms with E-state index in [0.717, 1.165) is 33.8 Å². The van der Waals surface area contributed by atoms with Gasteiger partial charge in [-0.05, 0) is 91.0 Å². The summed E-state index contributed by atoms with van der Waals surface area (Å²) in [5.41, 5.74) is 3.81. The van der Waals surface area contributed by atoms with Gasteiger partial charge in [-0.15, -0.1) is 11.3 Å². The van der Waals surface area contributed by atoms with Crippen molar-refractivity contribution in [1.82, 2.24) is 10.3 Å². The van der Waals surface area contributed by atoms with Crippen LogP contribution in [0.2, 0.25) is 0 Å². The van der Waals surface area contributed by atoms with Gasteiger partial charge in [-0.1, -0.05) is 35.5 Å². The summed E-state index contributed by atoms with van der Waals surface area (Å²) in [5, 5.41) is 26.9. The molecule has 0 bridgehead atoms. The van der Waals surface area contributed by atoms with Gasteiger partial charge >= 0.3 is 5.97 Å². The third-order valence-corrected chi connectivity index (χ3v) is 9.66. The number of amidine groups is 1. The van der Waals surface area contributed by atoms with E-state index in [1.54, 1.807) is 42.5 Å². The molecule has 46 heavy (non-hydrogen) atoms. The Balaban J connectivity index is 1.17. The second-order valence-corrected chi connectivity index (χ2v) is 13.3. The molecule has 0 saturated carbocycles. The van der Waals surface area contributed by atoms with E-state index in [-0.39, 0.29) is 17.2 Å². The Morgan fingerprint density at radius 2 is 1.76 bits per heavy atom. The number of amides is 2. The Kier molecular flexibility index (Phi) is 8.66. The molecule has 1 fully saturated rings. The van der Waals surface area contributed by atoms with E-state index in [2.05, 4.69) is 20.6 Å². The minimum absolute atomic E-state index is 0.118.